The van der Waals surface area contributed by atoms with E-state index in [-0.39, 0.29) is 19.2 Å². The van der Waals surface area contributed by atoms with Crippen LogP contribution in [0.1, 0.15) is 226 Å². The first-order valence-corrected chi connectivity index (χ1v) is 24.0. The lowest BCUT2D eigenvalue weighted by molar-refractivity contribution is -0.154. The van der Waals surface area contributed by atoms with Crippen LogP contribution < -0.4 is 0 Å². The molecule has 0 aromatic heterocycles. The Hall–Kier alpha value is -2.17. The number of hydrogen-bond acceptors (Lipinski definition) is 4. The van der Waals surface area contributed by atoms with Crippen LogP contribution in [0.15, 0.2) is 72.9 Å². The number of ether oxygens (including phenoxy) is 2. The normalized spacial score (nSPS) is 13.0. The summed E-state index contributed by atoms with van der Waals surface area (Å²) in [7, 11) is 0. The lowest BCUT2D eigenvalue weighted by Gasteiger charge is -2.16. The topological polar surface area (TPSA) is 55.8 Å². The van der Waals surface area contributed by atoms with E-state index < -0.39 is 6.10 Å². The number of carbonyl (C=O) groups excluding carboxylic acids is 1. The molecular formula is C52H92O4. The molecule has 0 aliphatic heterocycles. The second-order valence-electron chi connectivity index (χ2n) is 15.8. The van der Waals surface area contributed by atoms with Gasteiger partial charge in [0.25, 0.3) is 0 Å². The second kappa shape index (κ2) is 49.0. The first-order chi connectivity index (χ1) is 27.7. The van der Waals surface area contributed by atoms with Crippen LogP contribution in [0.3, 0.4) is 0 Å². The van der Waals surface area contributed by atoms with Crippen molar-refractivity contribution in [3.8, 4) is 0 Å². The van der Waals surface area contributed by atoms with Crippen molar-refractivity contribution in [2.24, 2.45) is 0 Å². The van der Waals surface area contributed by atoms with E-state index in [0.717, 1.165) is 51.4 Å². The van der Waals surface area contributed by atoms with Gasteiger partial charge >= 0.3 is 5.97 Å². The molecule has 0 saturated heterocycles. The van der Waals surface area contributed by atoms with Gasteiger partial charge in [0.2, 0.25) is 0 Å². The molecule has 0 rings (SSSR count). The average Bonchev–Trinajstić information content (AvgIpc) is 3.20. The van der Waals surface area contributed by atoms with Gasteiger partial charge in [0.05, 0.1) is 13.2 Å². The fourth-order valence-corrected chi connectivity index (χ4v) is 6.70. The molecular weight excluding hydrogens is 689 g/mol. The number of unbranched alkanes of at least 4 members (excludes halogenated alkanes) is 24. The third kappa shape index (κ3) is 46.2. The van der Waals surface area contributed by atoms with Crippen LogP contribution >= 0.6 is 0 Å². The van der Waals surface area contributed by atoms with Gasteiger partial charge in [-0.2, -0.15) is 0 Å². The fourth-order valence-electron chi connectivity index (χ4n) is 6.70. The summed E-state index contributed by atoms with van der Waals surface area (Å²) in [5.74, 6) is -0.209. The third-order valence-corrected chi connectivity index (χ3v) is 10.3. The first kappa shape index (κ1) is 53.8. The van der Waals surface area contributed by atoms with E-state index in [1.807, 2.05) is 0 Å². The van der Waals surface area contributed by atoms with Gasteiger partial charge in [-0.1, -0.05) is 209 Å². The summed E-state index contributed by atoms with van der Waals surface area (Å²) in [6, 6.07) is 0. The number of hydrogen-bond donors (Lipinski definition) is 1. The van der Waals surface area contributed by atoms with Crippen molar-refractivity contribution >= 4 is 5.97 Å². The summed E-state index contributed by atoms with van der Waals surface area (Å²) in [6.45, 7) is 5.23. The largest absolute Gasteiger partial charge is 0.457 e. The molecule has 0 amide bonds. The summed E-state index contributed by atoms with van der Waals surface area (Å²) in [5.41, 5.74) is 0. The van der Waals surface area contributed by atoms with Crippen LogP contribution in [-0.2, 0) is 14.3 Å². The molecule has 4 heteroatoms. The fraction of sp³-hybridized carbons (Fsp3) is 0.750. The Bertz CT molecular complexity index is 958. The molecule has 324 valence electrons. The Morgan fingerprint density at radius 3 is 1.23 bits per heavy atom. The van der Waals surface area contributed by atoms with Crippen LogP contribution in [0, 0.1) is 0 Å². The summed E-state index contributed by atoms with van der Waals surface area (Å²) in [6.07, 6.45) is 66.9. The van der Waals surface area contributed by atoms with Gasteiger partial charge in [-0.3, -0.25) is 4.79 Å². The number of aliphatic hydroxyl groups excluding tert-OH is 1. The zero-order valence-corrected chi connectivity index (χ0v) is 37.1. The van der Waals surface area contributed by atoms with Crippen molar-refractivity contribution in [1.82, 2.24) is 0 Å². The Kier molecular flexibility index (Phi) is 47.1. The summed E-state index contributed by atoms with van der Waals surface area (Å²) in [4.78, 5) is 12.3. The minimum atomic E-state index is -0.543. The minimum Gasteiger partial charge on any atom is -0.457 e. The number of carbonyl (C=O) groups is 1. The molecule has 0 aliphatic rings. The smallest absolute Gasteiger partial charge is 0.306 e. The molecule has 0 spiro atoms. The van der Waals surface area contributed by atoms with Crippen molar-refractivity contribution in [2.45, 2.75) is 232 Å². The highest BCUT2D eigenvalue weighted by atomic mass is 16.6. The predicted molar refractivity (Wildman–Crippen MR) is 246 cm³/mol. The van der Waals surface area contributed by atoms with E-state index in [4.69, 9.17) is 9.47 Å². The van der Waals surface area contributed by atoms with Crippen LogP contribution in [-0.4, -0.2) is 37.0 Å². The Morgan fingerprint density at radius 2 is 0.804 bits per heavy atom. The monoisotopic (exact) mass is 781 g/mol. The molecule has 0 aliphatic carbocycles. The Balaban J connectivity index is 3.46. The number of rotatable bonds is 44. The molecule has 0 bridgehead atoms. The molecule has 0 aromatic rings. The predicted octanol–water partition coefficient (Wildman–Crippen LogP) is 16.2. The standard InChI is InChI=1S/C52H92O4/c1-3-5-7-9-11-13-15-17-19-21-23-24-25-26-27-28-29-31-33-35-37-39-41-43-45-47-52(54)56-51(49-53)50-55-48-46-44-42-40-38-36-34-32-30-22-20-18-16-14-12-10-8-6-4-2/h5,7,11,13,17,19-20,22-24,26-27,51,53H,3-4,6,8-10,12,14-16,18,21,25,28-50H2,1-2H3/b7-5-,13-11-,19-17-,22-20-,24-23-,27-26-. The Labute approximate surface area is 348 Å². The van der Waals surface area contributed by atoms with Crippen molar-refractivity contribution in [1.29, 1.82) is 0 Å². The molecule has 0 heterocycles. The van der Waals surface area contributed by atoms with Crippen LogP contribution in [0.25, 0.3) is 0 Å². The van der Waals surface area contributed by atoms with E-state index in [1.165, 1.54) is 154 Å². The maximum atomic E-state index is 12.3. The molecule has 0 aromatic carbocycles. The quantitative estimate of drug-likeness (QED) is 0.0380. The van der Waals surface area contributed by atoms with Gasteiger partial charge in [0.1, 0.15) is 6.10 Å². The van der Waals surface area contributed by atoms with Crippen LogP contribution in [0.5, 0.6) is 0 Å². The zero-order chi connectivity index (χ0) is 40.5. The zero-order valence-electron chi connectivity index (χ0n) is 37.1. The number of aliphatic hydroxyl groups is 1. The van der Waals surface area contributed by atoms with E-state index >= 15 is 0 Å². The minimum absolute atomic E-state index is 0.178. The highest BCUT2D eigenvalue weighted by Gasteiger charge is 2.13. The van der Waals surface area contributed by atoms with Crippen molar-refractivity contribution in [2.75, 3.05) is 19.8 Å². The van der Waals surface area contributed by atoms with Gasteiger partial charge in [0.15, 0.2) is 0 Å². The molecule has 0 radical (unpaired) electrons. The van der Waals surface area contributed by atoms with Gasteiger partial charge in [-0.25, -0.2) is 0 Å². The maximum Gasteiger partial charge on any atom is 0.306 e. The van der Waals surface area contributed by atoms with Gasteiger partial charge in [0, 0.05) is 13.0 Å². The summed E-state index contributed by atoms with van der Waals surface area (Å²) < 4.78 is 11.2. The molecule has 4 nitrogen and oxygen atoms in total. The lowest BCUT2D eigenvalue weighted by Crippen LogP contribution is -2.27. The first-order valence-electron chi connectivity index (χ1n) is 24.0. The molecule has 1 N–H and O–H groups in total. The van der Waals surface area contributed by atoms with E-state index in [2.05, 4.69) is 86.8 Å². The molecule has 0 fully saturated rings. The second-order valence-corrected chi connectivity index (χ2v) is 15.8. The van der Waals surface area contributed by atoms with Crippen LogP contribution in [0.2, 0.25) is 0 Å². The molecule has 56 heavy (non-hydrogen) atoms. The van der Waals surface area contributed by atoms with E-state index in [9.17, 15) is 9.90 Å². The SMILES string of the molecule is CC/C=C\C/C=C\C/C=C\C/C=C\C/C=C\CCCCCCCCCCCC(=O)OC(CO)COCCCCCCCCCC/C=C\CCCCCCCCC. The molecule has 1 atom stereocenters. The molecule has 0 saturated carbocycles. The maximum absolute atomic E-state index is 12.3. The summed E-state index contributed by atoms with van der Waals surface area (Å²) >= 11 is 0. The van der Waals surface area contributed by atoms with Crippen LogP contribution in [0.4, 0.5) is 0 Å². The van der Waals surface area contributed by atoms with E-state index in [1.54, 1.807) is 0 Å². The molecule has 1 unspecified atom stereocenters. The number of allylic oxidation sites excluding steroid dienone is 12. The highest BCUT2D eigenvalue weighted by Crippen LogP contribution is 2.14. The van der Waals surface area contributed by atoms with E-state index in [0.29, 0.717) is 13.0 Å². The van der Waals surface area contributed by atoms with Gasteiger partial charge in [-0.05, 0) is 83.5 Å². The third-order valence-electron chi connectivity index (χ3n) is 10.3. The lowest BCUT2D eigenvalue weighted by atomic mass is 10.1. The number of esters is 1. The van der Waals surface area contributed by atoms with Gasteiger partial charge in [-0.15, -0.1) is 0 Å². The summed E-state index contributed by atoms with van der Waals surface area (Å²) in [5, 5.41) is 9.64. The van der Waals surface area contributed by atoms with Crippen molar-refractivity contribution in [3.63, 3.8) is 0 Å². The Morgan fingerprint density at radius 1 is 0.446 bits per heavy atom. The van der Waals surface area contributed by atoms with Gasteiger partial charge < -0.3 is 14.6 Å². The average molecular weight is 781 g/mol. The van der Waals surface area contributed by atoms with Crippen molar-refractivity contribution in [3.05, 3.63) is 72.9 Å². The highest BCUT2D eigenvalue weighted by molar-refractivity contribution is 5.69. The van der Waals surface area contributed by atoms with Crippen molar-refractivity contribution < 1.29 is 19.4 Å².